The molecule has 1 atom stereocenters. The third-order valence-electron chi connectivity index (χ3n) is 4.72. The third kappa shape index (κ3) is 3.36. The molecular formula is C18H21N3O2S. The SMILES string of the molecule is O=C(Nc1nc(CN2CCOCC2)cs1)C1CCc2ccccc21. The van der Waals surface area contributed by atoms with E-state index >= 15 is 0 Å². The molecule has 2 heterocycles. The highest BCUT2D eigenvalue weighted by atomic mass is 32.1. The number of nitrogens with one attached hydrogen (secondary N) is 1. The minimum absolute atomic E-state index is 0.0483. The van der Waals surface area contributed by atoms with E-state index in [0.29, 0.717) is 5.13 Å². The van der Waals surface area contributed by atoms with Gasteiger partial charge < -0.3 is 10.1 Å². The van der Waals surface area contributed by atoms with Gasteiger partial charge in [0.05, 0.1) is 24.8 Å². The molecule has 1 aromatic heterocycles. The molecule has 1 N–H and O–H groups in total. The predicted molar refractivity (Wildman–Crippen MR) is 94.3 cm³/mol. The van der Waals surface area contributed by atoms with Crippen LogP contribution in [0.5, 0.6) is 0 Å². The van der Waals surface area contributed by atoms with Gasteiger partial charge in [-0.2, -0.15) is 0 Å². The topological polar surface area (TPSA) is 54.5 Å². The molecule has 1 aliphatic heterocycles. The lowest BCUT2D eigenvalue weighted by molar-refractivity contribution is -0.117. The molecule has 0 spiro atoms. The minimum Gasteiger partial charge on any atom is -0.379 e. The number of carbonyl (C=O) groups is 1. The van der Waals surface area contributed by atoms with Gasteiger partial charge in [0.2, 0.25) is 5.91 Å². The Morgan fingerprint density at radius 2 is 2.17 bits per heavy atom. The fourth-order valence-electron chi connectivity index (χ4n) is 3.45. The zero-order valence-electron chi connectivity index (χ0n) is 13.5. The first-order chi connectivity index (χ1) is 11.8. The summed E-state index contributed by atoms with van der Waals surface area (Å²) in [4.78, 5) is 19.5. The van der Waals surface area contributed by atoms with Crippen molar-refractivity contribution in [2.24, 2.45) is 0 Å². The van der Waals surface area contributed by atoms with E-state index < -0.39 is 0 Å². The predicted octanol–water partition coefficient (Wildman–Crippen LogP) is 2.64. The van der Waals surface area contributed by atoms with E-state index in [1.807, 2.05) is 17.5 Å². The zero-order valence-corrected chi connectivity index (χ0v) is 14.3. The average Bonchev–Trinajstić information content (AvgIpc) is 3.22. The lowest BCUT2D eigenvalue weighted by atomic mass is 10.0. The van der Waals surface area contributed by atoms with Crippen molar-refractivity contribution in [3.8, 4) is 0 Å². The number of ether oxygens (including phenoxy) is 1. The van der Waals surface area contributed by atoms with Crippen LogP contribution < -0.4 is 5.32 Å². The summed E-state index contributed by atoms with van der Waals surface area (Å²) in [5.74, 6) is 0.0139. The summed E-state index contributed by atoms with van der Waals surface area (Å²) in [5.41, 5.74) is 3.48. The number of anilines is 1. The molecule has 1 aromatic carbocycles. The smallest absolute Gasteiger partial charge is 0.233 e. The van der Waals surface area contributed by atoms with Crippen molar-refractivity contribution in [1.82, 2.24) is 9.88 Å². The van der Waals surface area contributed by atoms with Crippen LogP contribution >= 0.6 is 11.3 Å². The summed E-state index contributed by atoms with van der Waals surface area (Å²) >= 11 is 1.51. The van der Waals surface area contributed by atoms with Gasteiger partial charge in [-0.3, -0.25) is 9.69 Å². The van der Waals surface area contributed by atoms with Crippen molar-refractivity contribution in [3.05, 3.63) is 46.5 Å². The zero-order chi connectivity index (χ0) is 16.4. The largest absolute Gasteiger partial charge is 0.379 e. The summed E-state index contributed by atoms with van der Waals surface area (Å²) < 4.78 is 5.36. The van der Waals surface area contributed by atoms with Crippen LogP contribution in [0.1, 0.15) is 29.2 Å². The molecule has 4 rings (SSSR count). The molecule has 0 saturated carbocycles. The Morgan fingerprint density at radius 1 is 1.33 bits per heavy atom. The molecule has 0 radical (unpaired) electrons. The van der Waals surface area contributed by atoms with E-state index in [1.165, 1.54) is 22.5 Å². The normalized spacial score (nSPS) is 20.8. The number of nitrogens with zero attached hydrogens (tertiary/aromatic N) is 2. The highest BCUT2D eigenvalue weighted by molar-refractivity contribution is 7.13. The number of amides is 1. The first-order valence-electron chi connectivity index (χ1n) is 8.43. The van der Waals surface area contributed by atoms with Crippen molar-refractivity contribution < 1.29 is 9.53 Å². The van der Waals surface area contributed by atoms with Gasteiger partial charge in [-0.1, -0.05) is 24.3 Å². The third-order valence-corrected chi connectivity index (χ3v) is 5.53. The summed E-state index contributed by atoms with van der Waals surface area (Å²) in [6.45, 7) is 4.28. The molecule has 5 nitrogen and oxygen atoms in total. The van der Waals surface area contributed by atoms with Crippen LogP contribution in [0.25, 0.3) is 0 Å². The Morgan fingerprint density at radius 3 is 3.04 bits per heavy atom. The van der Waals surface area contributed by atoms with Gasteiger partial charge in [0.1, 0.15) is 0 Å². The molecule has 1 aliphatic carbocycles. The lowest BCUT2D eigenvalue weighted by Gasteiger charge is -2.25. The Balaban J connectivity index is 1.38. The number of thiazole rings is 1. The molecule has 0 bridgehead atoms. The average molecular weight is 343 g/mol. The second-order valence-corrected chi connectivity index (χ2v) is 7.17. The quantitative estimate of drug-likeness (QED) is 0.927. The number of aryl methyl sites for hydroxylation is 1. The van der Waals surface area contributed by atoms with E-state index in [2.05, 4.69) is 27.3 Å². The Hall–Kier alpha value is -1.76. The van der Waals surface area contributed by atoms with Crippen molar-refractivity contribution in [2.45, 2.75) is 25.3 Å². The molecule has 126 valence electrons. The van der Waals surface area contributed by atoms with Crippen LogP contribution in [-0.4, -0.2) is 42.1 Å². The van der Waals surface area contributed by atoms with Crippen molar-refractivity contribution in [3.63, 3.8) is 0 Å². The van der Waals surface area contributed by atoms with E-state index in [0.717, 1.165) is 51.4 Å². The number of aromatic nitrogens is 1. The van der Waals surface area contributed by atoms with Crippen molar-refractivity contribution in [2.75, 3.05) is 31.6 Å². The first-order valence-corrected chi connectivity index (χ1v) is 9.31. The molecule has 6 heteroatoms. The summed E-state index contributed by atoms with van der Waals surface area (Å²) in [6, 6.07) is 8.23. The number of hydrogen-bond acceptors (Lipinski definition) is 5. The van der Waals surface area contributed by atoms with Gasteiger partial charge in [0, 0.05) is 25.0 Å². The fourth-order valence-corrected chi connectivity index (χ4v) is 4.15. The van der Waals surface area contributed by atoms with Gasteiger partial charge in [-0.05, 0) is 24.0 Å². The molecule has 1 amide bonds. The standard InChI is InChI=1S/C18H21N3O2S/c22-17(16-6-5-13-3-1-2-4-15(13)16)20-18-19-14(12-24-18)11-21-7-9-23-10-8-21/h1-4,12,16H,5-11H2,(H,19,20,22). The van der Waals surface area contributed by atoms with Gasteiger partial charge >= 0.3 is 0 Å². The Bertz CT molecular complexity index is 725. The van der Waals surface area contributed by atoms with Gasteiger partial charge in [-0.25, -0.2) is 4.98 Å². The maximum Gasteiger partial charge on any atom is 0.233 e. The van der Waals surface area contributed by atoms with Crippen LogP contribution in [0, 0.1) is 0 Å². The molecule has 1 saturated heterocycles. The minimum atomic E-state index is -0.0483. The first kappa shape index (κ1) is 15.7. The Labute approximate surface area is 145 Å². The van der Waals surface area contributed by atoms with E-state index in [1.54, 1.807) is 0 Å². The molecule has 1 unspecified atom stereocenters. The second kappa shape index (κ2) is 7.01. The molecule has 2 aliphatic rings. The summed E-state index contributed by atoms with van der Waals surface area (Å²) in [7, 11) is 0. The van der Waals surface area contributed by atoms with Gasteiger partial charge in [0.25, 0.3) is 0 Å². The molecule has 24 heavy (non-hydrogen) atoms. The van der Waals surface area contributed by atoms with Gasteiger partial charge in [-0.15, -0.1) is 11.3 Å². The van der Waals surface area contributed by atoms with Gasteiger partial charge in [0.15, 0.2) is 5.13 Å². The van der Waals surface area contributed by atoms with Crippen LogP contribution in [-0.2, 0) is 22.5 Å². The highest BCUT2D eigenvalue weighted by Gasteiger charge is 2.28. The number of hydrogen-bond donors (Lipinski definition) is 1. The lowest BCUT2D eigenvalue weighted by Crippen LogP contribution is -2.35. The van der Waals surface area contributed by atoms with Crippen molar-refractivity contribution >= 4 is 22.4 Å². The molecule has 2 aromatic rings. The summed E-state index contributed by atoms with van der Waals surface area (Å²) in [6.07, 6.45) is 1.87. The van der Waals surface area contributed by atoms with Crippen LogP contribution in [0.3, 0.4) is 0 Å². The van der Waals surface area contributed by atoms with E-state index in [4.69, 9.17) is 4.74 Å². The number of carbonyl (C=O) groups excluding carboxylic acids is 1. The monoisotopic (exact) mass is 343 g/mol. The van der Waals surface area contributed by atoms with E-state index in [-0.39, 0.29) is 11.8 Å². The van der Waals surface area contributed by atoms with Crippen LogP contribution in [0.4, 0.5) is 5.13 Å². The Kier molecular flexibility index (Phi) is 4.60. The van der Waals surface area contributed by atoms with Crippen LogP contribution in [0.15, 0.2) is 29.6 Å². The highest BCUT2D eigenvalue weighted by Crippen LogP contribution is 2.34. The molecular weight excluding hydrogens is 322 g/mol. The number of fused-ring (bicyclic) bond motifs is 1. The van der Waals surface area contributed by atoms with E-state index in [9.17, 15) is 4.79 Å². The van der Waals surface area contributed by atoms with Crippen molar-refractivity contribution in [1.29, 1.82) is 0 Å². The number of benzene rings is 1. The summed E-state index contributed by atoms with van der Waals surface area (Å²) in [5, 5.41) is 5.74. The molecule has 1 fully saturated rings. The fraction of sp³-hybridized carbons (Fsp3) is 0.444. The van der Waals surface area contributed by atoms with Crippen LogP contribution in [0.2, 0.25) is 0 Å². The maximum atomic E-state index is 12.6. The maximum absolute atomic E-state index is 12.6. The second-order valence-electron chi connectivity index (χ2n) is 6.31. The number of rotatable bonds is 4. The number of morpholine rings is 1.